The van der Waals surface area contributed by atoms with E-state index in [9.17, 15) is 9.59 Å². The summed E-state index contributed by atoms with van der Waals surface area (Å²) in [6, 6.07) is 6.04. The lowest BCUT2D eigenvalue weighted by molar-refractivity contribution is -0.137. The third kappa shape index (κ3) is 3.20. The molecular weight excluding hydrogens is 324 g/mol. The van der Waals surface area contributed by atoms with Crippen molar-refractivity contribution < 1.29 is 9.59 Å². The van der Waals surface area contributed by atoms with Crippen LogP contribution < -0.4 is 0 Å². The zero-order valence-electron chi connectivity index (χ0n) is 16.2. The van der Waals surface area contributed by atoms with Crippen LogP contribution in [0.3, 0.4) is 0 Å². The van der Waals surface area contributed by atoms with E-state index in [1.807, 2.05) is 26.0 Å². The Hall–Kier alpha value is -2.36. The highest BCUT2D eigenvalue weighted by molar-refractivity contribution is 6.35. The molecule has 0 bridgehead atoms. The molecule has 26 heavy (non-hydrogen) atoms. The second-order valence-electron chi connectivity index (χ2n) is 7.90. The van der Waals surface area contributed by atoms with Crippen LogP contribution in [0.15, 0.2) is 36.6 Å². The number of carbonyl (C=O) groups is 2. The molecule has 4 nitrogen and oxygen atoms in total. The number of hydrogen-bond donors (Lipinski definition) is 0. The average molecular weight is 352 g/mol. The van der Waals surface area contributed by atoms with Crippen LogP contribution in [0.25, 0.3) is 5.57 Å². The third-order valence-electron chi connectivity index (χ3n) is 5.29. The second-order valence-corrected chi connectivity index (χ2v) is 7.90. The highest BCUT2D eigenvalue weighted by atomic mass is 16.2. The van der Waals surface area contributed by atoms with Gasteiger partial charge in [-0.05, 0) is 43.2 Å². The Kier molecular flexibility index (Phi) is 5.03. The maximum absolute atomic E-state index is 13.1. The summed E-state index contributed by atoms with van der Waals surface area (Å²) >= 11 is 0. The van der Waals surface area contributed by atoms with Crippen LogP contribution in [0, 0.1) is 25.7 Å². The molecule has 2 aliphatic heterocycles. The van der Waals surface area contributed by atoms with E-state index in [4.69, 9.17) is 0 Å². The van der Waals surface area contributed by atoms with Crippen LogP contribution >= 0.6 is 0 Å². The van der Waals surface area contributed by atoms with Crippen molar-refractivity contribution in [1.29, 1.82) is 0 Å². The number of piperidine rings is 1. The van der Waals surface area contributed by atoms with Gasteiger partial charge in [0.05, 0.1) is 5.57 Å². The van der Waals surface area contributed by atoms with Crippen molar-refractivity contribution in [1.82, 2.24) is 9.80 Å². The van der Waals surface area contributed by atoms with Crippen molar-refractivity contribution in [2.75, 3.05) is 19.6 Å². The van der Waals surface area contributed by atoms with E-state index in [0.29, 0.717) is 23.1 Å². The van der Waals surface area contributed by atoms with E-state index in [1.54, 1.807) is 6.08 Å². The molecule has 2 aliphatic rings. The van der Waals surface area contributed by atoms with E-state index < -0.39 is 0 Å². The molecule has 2 amide bonds. The lowest BCUT2D eigenvalue weighted by Gasteiger charge is -2.37. The standard InChI is InChI=1S/C22H28N2O2/c1-6-9-24-21(25)19(18-8-7-14(2)11-17(18)5)20(22(24)26)23-12-15(3)10-16(4)13-23/h6-8,11,15-16H,1,9-10,12-13H2,2-5H3. The number of nitrogens with zero attached hydrogens (tertiary/aromatic N) is 2. The molecule has 1 aromatic rings. The fourth-order valence-corrected chi connectivity index (χ4v) is 4.33. The molecule has 0 radical (unpaired) electrons. The van der Waals surface area contributed by atoms with Crippen LogP contribution in [0.1, 0.15) is 37.0 Å². The monoisotopic (exact) mass is 352 g/mol. The van der Waals surface area contributed by atoms with Crippen molar-refractivity contribution in [3.8, 4) is 0 Å². The van der Waals surface area contributed by atoms with Gasteiger partial charge in [0.2, 0.25) is 0 Å². The summed E-state index contributed by atoms with van der Waals surface area (Å²) in [7, 11) is 0. The predicted octanol–water partition coefficient (Wildman–Crippen LogP) is 3.55. The zero-order chi connectivity index (χ0) is 19.0. The number of imide groups is 1. The number of aryl methyl sites for hydroxylation is 2. The number of carbonyl (C=O) groups excluding carboxylic acids is 2. The zero-order valence-corrected chi connectivity index (χ0v) is 16.2. The second kappa shape index (κ2) is 7.10. The first-order valence-corrected chi connectivity index (χ1v) is 9.37. The van der Waals surface area contributed by atoms with E-state index in [0.717, 1.165) is 36.2 Å². The SMILES string of the molecule is C=CCN1C(=O)C(c2ccc(C)cc2C)=C(N2CC(C)CC(C)C2)C1=O. The first kappa shape index (κ1) is 18.4. The number of rotatable bonds is 4. The van der Waals surface area contributed by atoms with Crippen molar-refractivity contribution in [2.24, 2.45) is 11.8 Å². The van der Waals surface area contributed by atoms with Gasteiger partial charge >= 0.3 is 0 Å². The van der Waals surface area contributed by atoms with E-state index in [1.165, 1.54) is 4.90 Å². The molecule has 0 saturated carbocycles. The van der Waals surface area contributed by atoms with Crippen molar-refractivity contribution in [3.05, 3.63) is 53.2 Å². The van der Waals surface area contributed by atoms with Gasteiger partial charge in [-0.25, -0.2) is 0 Å². The van der Waals surface area contributed by atoms with Gasteiger partial charge in [-0.15, -0.1) is 6.58 Å². The van der Waals surface area contributed by atoms with Crippen molar-refractivity contribution in [3.63, 3.8) is 0 Å². The summed E-state index contributed by atoms with van der Waals surface area (Å²) in [4.78, 5) is 29.7. The highest BCUT2D eigenvalue weighted by Crippen LogP contribution is 2.36. The van der Waals surface area contributed by atoms with Crippen LogP contribution in [0.5, 0.6) is 0 Å². The first-order valence-electron chi connectivity index (χ1n) is 9.37. The van der Waals surface area contributed by atoms with Gasteiger partial charge in [0.25, 0.3) is 11.8 Å². The van der Waals surface area contributed by atoms with Gasteiger partial charge in [0.1, 0.15) is 5.70 Å². The topological polar surface area (TPSA) is 40.6 Å². The Bertz CT molecular complexity index is 783. The number of hydrogen-bond acceptors (Lipinski definition) is 3. The van der Waals surface area contributed by atoms with Crippen LogP contribution in [0.4, 0.5) is 0 Å². The summed E-state index contributed by atoms with van der Waals surface area (Å²) in [6.07, 6.45) is 2.76. The largest absolute Gasteiger partial charge is 0.366 e. The van der Waals surface area contributed by atoms with Gasteiger partial charge in [-0.3, -0.25) is 14.5 Å². The van der Waals surface area contributed by atoms with E-state index in [-0.39, 0.29) is 18.4 Å². The van der Waals surface area contributed by atoms with Gasteiger partial charge in [0.15, 0.2) is 0 Å². The Morgan fingerprint density at radius 2 is 1.77 bits per heavy atom. The van der Waals surface area contributed by atoms with Gasteiger partial charge in [-0.2, -0.15) is 0 Å². The Morgan fingerprint density at radius 3 is 2.35 bits per heavy atom. The van der Waals surface area contributed by atoms with Gasteiger partial charge in [-0.1, -0.05) is 43.7 Å². The molecular formula is C22H28N2O2. The maximum Gasteiger partial charge on any atom is 0.278 e. The van der Waals surface area contributed by atoms with E-state index >= 15 is 0 Å². The van der Waals surface area contributed by atoms with Crippen molar-refractivity contribution >= 4 is 17.4 Å². The van der Waals surface area contributed by atoms with Crippen LogP contribution in [-0.4, -0.2) is 41.2 Å². The molecule has 0 spiro atoms. The molecule has 2 atom stereocenters. The molecule has 1 aromatic carbocycles. The maximum atomic E-state index is 13.1. The third-order valence-corrected chi connectivity index (χ3v) is 5.29. The Balaban J connectivity index is 2.14. The molecule has 0 aromatic heterocycles. The molecule has 2 heterocycles. The molecule has 138 valence electrons. The fraction of sp³-hybridized carbons (Fsp3) is 0.455. The first-order chi connectivity index (χ1) is 12.3. The van der Waals surface area contributed by atoms with Gasteiger partial charge in [0, 0.05) is 19.6 Å². The number of likely N-dealkylation sites (tertiary alicyclic amines) is 1. The number of amides is 2. The summed E-state index contributed by atoms with van der Waals surface area (Å²) in [5.41, 5.74) is 4.16. The van der Waals surface area contributed by atoms with Crippen molar-refractivity contribution in [2.45, 2.75) is 34.1 Å². The minimum Gasteiger partial charge on any atom is -0.366 e. The van der Waals surface area contributed by atoms with Gasteiger partial charge < -0.3 is 4.90 Å². The van der Waals surface area contributed by atoms with Crippen LogP contribution in [0.2, 0.25) is 0 Å². The lowest BCUT2D eigenvalue weighted by Crippen LogP contribution is -2.41. The molecule has 3 rings (SSSR count). The molecule has 1 fully saturated rings. The summed E-state index contributed by atoms with van der Waals surface area (Å²) in [5.74, 6) is 0.611. The predicted molar refractivity (Wildman–Crippen MR) is 104 cm³/mol. The van der Waals surface area contributed by atoms with E-state index in [2.05, 4.69) is 31.4 Å². The molecule has 2 unspecified atom stereocenters. The normalized spacial score (nSPS) is 23.8. The quantitative estimate of drug-likeness (QED) is 0.615. The lowest BCUT2D eigenvalue weighted by atomic mass is 9.90. The molecule has 4 heteroatoms. The summed E-state index contributed by atoms with van der Waals surface area (Å²) in [6.45, 7) is 14.0. The molecule has 0 N–H and O–H groups in total. The Morgan fingerprint density at radius 1 is 1.12 bits per heavy atom. The Labute approximate surface area is 156 Å². The average Bonchev–Trinajstić information content (AvgIpc) is 2.79. The van der Waals surface area contributed by atoms with Crippen LogP contribution in [-0.2, 0) is 9.59 Å². The number of benzene rings is 1. The summed E-state index contributed by atoms with van der Waals surface area (Å²) in [5, 5.41) is 0. The molecule has 1 saturated heterocycles. The smallest absolute Gasteiger partial charge is 0.278 e. The fourth-order valence-electron chi connectivity index (χ4n) is 4.33. The minimum absolute atomic E-state index is 0.189. The molecule has 0 aliphatic carbocycles. The highest BCUT2D eigenvalue weighted by Gasteiger charge is 2.42. The summed E-state index contributed by atoms with van der Waals surface area (Å²) < 4.78 is 0. The minimum atomic E-state index is -0.206.